The summed E-state index contributed by atoms with van der Waals surface area (Å²) in [5.74, 6) is -0.187. The summed E-state index contributed by atoms with van der Waals surface area (Å²) in [6, 6.07) is -0.780. The van der Waals surface area contributed by atoms with Gasteiger partial charge in [0, 0.05) is 6.42 Å². The molecule has 53 heavy (non-hydrogen) atoms. The molecule has 0 fully saturated rings. The third-order valence-corrected chi connectivity index (χ3v) is 9.39. The van der Waals surface area contributed by atoms with Crippen LogP contribution in [0.25, 0.3) is 0 Å². The lowest BCUT2D eigenvalue weighted by Gasteiger charge is -2.26. The van der Waals surface area contributed by atoms with E-state index in [0.717, 1.165) is 89.9 Å². The molecule has 0 aliphatic heterocycles. The van der Waals surface area contributed by atoms with Crippen LogP contribution in [0.5, 0.6) is 0 Å². The highest BCUT2D eigenvalue weighted by atomic mass is 31.2. The number of carbonyl (C=O) groups excluding carboxylic acids is 1. The molecule has 0 radical (unpaired) electrons. The molecule has 8 nitrogen and oxygen atoms in total. The van der Waals surface area contributed by atoms with Gasteiger partial charge in [0.05, 0.1) is 39.9 Å². The van der Waals surface area contributed by atoms with Gasteiger partial charge < -0.3 is 19.8 Å². The average molecular weight is 762 g/mol. The van der Waals surface area contributed by atoms with E-state index in [9.17, 15) is 19.4 Å². The number of nitrogens with one attached hydrogen (secondary N) is 1. The Morgan fingerprint density at radius 2 is 1.13 bits per heavy atom. The maximum absolute atomic E-state index is 12.8. The van der Waals surface area contributed by atoms with Gasteiger partial charge in [0.1, 0.15) is 13.2 Å². The predicted octanol–water partition coefficient (Wildman–Crippen LogP) is 11.0. The minimum atomic E-state index is -4.31. The number of aliphatic hydroxyl groups is 1. The van der Waals surface area contributed by atoms with Gasteiger partial charge >= 0.3 is 7.82 Å². The number of phosphoric ester groups is 1. The molecule has 0 aromatic rings. The summed E-state index contributed by atoms with van der Waals surface area (Å²) < 4.78 is 23.4. The fraction of sp³-hybridized carbons (Fsp3) is 0.659. The zero-order valence-corrected chi connectivity index (χ0v) is 35.1. The van der Waals surface area contributed by atoms with Crippen LogP contribution in [0.2, 0.25) is 0 Å². The van der Waals surface area contributed by atoms with Gasteiger partial charge in [-0.3, -0.25) is 13.8 Å². The van der Waals surface area contributed by atoms with Gasteiger partial charge in [0.25, 0.3) is 0 Å². The Bertz CT molecular complexity index is 1140. The largest absolute Gasteiger partial charge is 0.472 e. The number of hydrogen-bond acceptors (Lipinski definition) is 5. The van der Waals surface area contributed by atoms with Gasteiger partial charge in [-0.15, -0.1) is 0 Å². The molecular formula is C44H78N2O6P+. The van der Waals surface area contributed by atoms with E-state index in [2.05, 4.69) is 104 Å². The van der Waals surface area contributed by atoms with Crippen LogP contribution in [0.3, 0.4) is 0 Å². The molecule has 9 heteroatoms. The van der Waals surface area contributed by atoms with Gasteiger partial charge in [-0.2, -0.15) is 0 Å². The summed E-state index contributed by atoms with van der Waals surface area (Å²) in [6.45, 7) is 4.64. The standard InChI is InChI=1S/C44H77N2O6P/c1-6-8-10-12-14-15-16-17-18-19-20-21-22-23-24-25-26-27-28-29-30-31-32-34-36-38-44(48)45-42(43(47)37-35-33-13-11-9-7-2)41-52-53(49,50)51-40-39-46(3,4)5/h8,10,14-15,17-18,20-21,23-24,26-27,29-30,42-43,47H,6-7,9,11-13,16,19,22,25,28,31-41H2,1-5H3,(H-,45,48,49,50)/p+1/b10-8-,15-14-,18-17-,21-20-,24-23-,27-26-,30-29-. The number of nitrogens with zero attached hydrogens (tertiary/aromatic N) is 1. The summed E-state index contributed by atoms with van der Waals surface area (Å²) in [4.78, 5) is 22.9. The molecule has 0 aliphatic rings. The molecular weight excluding hydrogens is 683 g/mol. The van der Waals surface area contributed by atoms with Gasteiger partial charge in [-0.25, -0.2) is 4.57 Å². The first-order valence-corrected chi connectivity index (χ1v) is 21.9. The van der Waals surface area contributed by atoms with Gasteiger partial charge in [-0.1, -0.05) is 144 Å². The molecule has 0 saturated carbocycles. The van der Waals surface area contributed by atoms with Crippen molar-refractivity contribution in [1.82, 2.24) is 5.32 Å². The van der Waals surface area contributed by atoms with E-state index in [4.69, 9.17) is 9.05 Å². The van der Waals surface area contributed by atoms with Crippen LogP contribution >= 0.6 is 7.82 Å². The molecule has 0 aromatic carbocycles. The Morgan fingerprint density at radius 1 is 0.660 bits per heavy atom. The van der Waals surface area contributed by atoms with Crippen LogP contribution < -0.4 is 5.32 Å². The molecule has 0 heterocycles. The third-order valence-electron chi connectivity index (χ3n) is 8.41. The molecule has 0 aromatic heterocycles. The number of amides is 1. The third kappa shape index (κ3) is 37.8. The van der Waals surface area contributed by atoms with Gasteiger partial charge in [0.2, 0.25) is 5.91 Å². The van der Waals surface area contributed by atoms with Crippen molar-refractivity contribution in [3.05, 3.63) is 85.1 Å². The van der Waals surface area contributed by atoms with E-state index in [1.807, 2.05) is 21.1 Å². The normalized spacial score (nSPS) is 15.4. The first-order chi connectivity index (χ1) is 25.5. The van der Waals surface area contributed by atoms with E-state index in [1.54, 1.807) is 0 Å². The number of quaternary nitrogens is 1. The smallest absolute Gasteiger partial charge is 0.391 e. The van der Waals surface area contributed by atoms with Crippen molar-refractivity contribution < 1.29 is 32.9 Å². The van der Waals surface area contributed by atoms with Crippen molar-refractivity contribution in [3.8, 4) is 0 Å². The topological polar surface area (TPSA) is 105 Å². The summed E-state index contributed by atoms with van der Waals surface area (Å²) in [7, 11) is 1.57. The van der Waals surface area contributed by atoms with Crippen molar-refractivity contribution in [2.24, 2.45) is 0 Å². The minimum absolute atomic E-state index is 0.0618. The zero-order chi connectivity index (χ0) is 39.3. The Balaban J connectivity index is 4.29. The Labute approximate surface area is 325 Å². The second kappa shape index (κ2) is 35.4. The fourth-order valence-electron chi connectivity index (χ4n) is 5.14. The first kappa shape index (κ1) is 50.7. The number of unbranched alkanes of at least 4 members (excludes halogenated alkanes) is 8. The maximum Gasteiger partial charge on any atom is 0.472 e. The molecule has 304 valence electrons. The van der Waals surface area contributed by atoms with Crippen molar-refractivity contribution in [1.29, 1.82) is 0 Å². The number of rotatable bonds is 35. The van der Waals surface area contributed by atoms with Crippen LogP contribution in [-0.2, 0) is 18.4 Å². The summed E-state index contributed by atoms with van der Waals surface area (Å²) in [5, 5.41) is 13.7. The quantitative estimate of drug-likeness (QED) is 0.0257. The molecule has 0 rings (SSSR count). The van der Waals surface area contributed by atoms with Crippen LogP contribution in [0.1, 0.15) is 136 Å². The monoisotopic (exact) mass is 762 g/mol. The highest BCUT2D eigenvalue weighted by molar-refractivity contribution is 7.47. The average Bonchev–Trinajstić information content (AvgIpc) is 3.10. The molecule has 0 aliphatic carbocycles. The van der Waals surface area contributed by atoms with Crippen LogP contribution in [0, 0.1) is 0 Å². The highest BCUT2D eigenvalue weighted by Crippen LogP contribution is 2.43. The van der Waals surface area contributed by atoms with E-state index >= 15 is 0 Å². The minimum Gasteiger partial charge on any atom is -0.391 e. The lowest BCUT2D eigenvalue weighted by atomic mass is 10.0. The predicted molar refractivity (Wildman–Crippen MR) is 226 cm³/mol. The van der Waals surface area contributed by atoms with Crippen molar-refractivity contribution in [3.63, 3.8) is 0 Å². The van der Waals surface area contributed by atoms with E-state index < -0.39 is 20.0 Å². The van der Waals surface area contributed by atoms with E-state index in [-0.39, 0.29) is 19.1 Å². The number of likely N-dealkylation sites (N-methyl/N-ethyl adjacent to an activating group) is 1. The molecule has 3 atom stereocenters. The number of allylic oxidation sites excluding steroid dienone is 14. The van der Waals surface area contributed by atoms with E-state index in [1.165, 1.54) is 19.3 Å². The highest BCUT2D eigenvalue weighted by Gasteiger charge is 2.28. The molecule has 1 amide bonds. The number of aliphatic hydroxyl groups excluding tert-OH is 1. The second-order valence-corrected chi connectivity index (χ2v) is 16.1. The first-order valence-electron chi connectivity index (χ1n) is 20.5. The number of phosphoric acid groups is 1. The lowest BCUT2D eigenvalue weighted by Crippen LogP contribution is -2.46. The maximum atomic E-state index is 12.8. The molecule has 3 N–H and O–H groups in total. The number of hydrogen-bond donors (Lipinski definition) is 3. The number of carbonyl (C=O) groups is 1. The van der Waals surface area contributed by atoms with Crippen LogP contribution in [-0.4, -0.2) is 73.4 Å². The molecule has 0 spiro atoms. The summed E-state index contributed by atoms with van der Waals surface area (Å²) >= 11 is 0. The Kier molecular flexibility index (Phi) is 33.8. The van der Waals surface area contributed by atoms with Crippen LogP contribution in [0.4, 0.5) is 0 Å². The summed E-state index contributed by atoms with van der Waals surface area (Å²) in [5.41, 5.74) is 0. The van der Waals surface area contributed by atoms with Gasteiger partial charge in [0.15, 0.2) is 0 Å². The summed E-state index contributed by atoms with van der Waals surface area (Å²) in [6.07, 6.45) is 47.8. The Hall–Kier alpha value is -2.32. The molecule has 0 bridgehead atoms. The fourth-order valence-corrected chi connectivity index (χ4v) is 5.88. The van der Waals surface area contributed by atoms with Crippen molar-refractivity contribution in [2.45, 2.75) is 148 Å². The molecule has 3 unspecified atom stereocenters. The van der Waals surface area contributed by atoms with E-state index in [0.29, 0.717) is 23.9 Å². The van der Waals surface area contributed by atoms with Crippen LogP contribution in [0.15, 0.2) is 85.1 Å². The second-order valence-electron chi connectivity index (χ2n) is 14.6. The lowest BCUT2D eigenvalue weighted by molar-refractivity contribution is -0.870. The Morgan fingerprint density at radius 3 is 1.64 bits per heavy atom. The SMILES string of the molecule is CC/C=C\C/C=C\C/C=C\C/C=C\C/C=C\C/C=C\C/C=C\CCCCCC(=O)NC(COP(=O)(O)OCC[N+](C)(C)C)C(O)CCCCCCCC. The van der Waals surface area contributed by atoms with Crippen molar-refractivity contribution >= 4 is 13.7 Å². The van der Waals surface area contributed by atoms with Crippen molar-refractivity contribution in [2.75, 3.05) is 40.9 Å². The molecule has 0 saturated heterocycles. The van der Waals surface area contributed by atoms with Gasteiger partial charge in [-0.05, 0) is 70.6 Å². The zero-order valence-electron chi connectivity index (χ0n) is 34.2.